The van der Waals surface area contributed by atoms with E-state index in [1.165, 1.54) is 205 Å². The highest BCUT2D eigenvalue weighted by Gasteiger charge is 2.23. The van der Waals surface area contributed by atoms with Crippen LogP contribution in [0.5, 0.6) is 0 Å². The average Bonchev–Trinajstić information content (AvgIpc) is 3.84. The Morgan fingerprint density at radius 1 is 0.438 bits per heavy atom. The molecule has 3 N–H and O–H groups in total. The van der Waals surface area contributed by atoms with Gasteiger partial charge in [-0.25, -0.2) is 0 Å². The molecule has 0 aliphatic heterocycles. The number of carbonyl (C=O) groups excluding carboxylic acids is 2. The lowest BCUT2D eigenvalue weighted by Crippen LogP contribution is -2.42. The zero-order chi connectivity index (χ0) is 46.4. The van der Waals surface area contributed by atoms with E-state index in [-0.39, 0.29) is 18.4 Å². The van der Waals surface area contributed by atoms with Crippen molar-refractivity contribution in [2.75, 3.05) is 52.4 Å². The van der Waals surface area contributed by atoms with Crippen molar-refractivity contribution in [1.82, 2.24) is 20.4 Å². The highest BCUT2D eigenvalue weighted by Crippen LogP contribution is 2.25. The van der Waals surface area contributed by atoms with Crippen molar-refractivity contribution in [3.8, 4) is 0 Å². The molecule has 7 nitrogen and oxygen atoms in total. The van der Waals surface area contributed by atoms with E-state index < -0.39 is 0 Å². The number of unbranched alkanes of at least 4 members (excludes halogenated alkanes) is 24. The van der Waals surface area contributed by atoms with Crippen LogP contribution in [-0.4, -0.2) is 85.2 Å². The predicted octanol–water partition coefficient (Wildman–Crippen LogP) is 15.1. The zero-order valence-corrected chi connectivity index (χ0v) is 43.8. The minimum Gasteiger partial charge on any atom is -0.395 e. The summed E-state index contributed by atoms with van der Waals surface area (Å²) in [6, 6.07) is 0.633. The van der Waals surface area contributed by atoms with E-state index in [0.29, 0.717) is 30.7 Å². The number of hydrogen-bond acceptors (Lipinski definition) is 5. The van der Waals surface area contributed by atoms with E-state index in [1.807, 2.05) is 0 Å². The quantitative estimate of drug-likeness (QED) is 0.0530. The number of nitrogens with one attached hydrogen (secondary N) is 2. The van der Waals surface area contributed by atoms with Crippen LogP contribution in [0.4, 0.5) is 0 Å². The molecule has 2 amide bonds. The van der Waals surface area contributed by atoms with Crippen LogP contribution in [-0.2, 0) is 9.59 Å². The van der Waals surface area contributed by atoms with Crippen LogP contribution in [0.15, 0.2) is 0 Å². The standard InChI is InChI=1S/C57H114N4O3/c1-5-9-13-17-21-27-37-53(38-28-22-18-14-10-6-2)51-56(63)58-43-33-25-35-45-60(47-48-61(49-50-62)55-41-31-32-42-55)46-36-26-34-44-59-57(64)52-54(39-29-23-19-15-11-7-3)40-30-24-20-16-12-8-4/h53-55,62H,5-52H2,1-4H3,(H,58,63)(H,59,64). The van der Waals surface area contributed by atoms with Crippen LogP contribution in [0.3, 0.4) is 0 Å². The maximum atomic E-state index is 13.1. The fraction of sp³-hybridized carbons (Fsp3) is 0.965. The number of aliphatic hydroxyl groups excluding tert-OH is 1. The van der Waals surface area contributed by atoms with Gasteiger partial charge in [0.15, 0.2) is 0 Å². The fourth-order valence-corrected chi connectivity index (χ4v) is 10.4. The van der Waals surface area contributed by atoms with Crippen molar-refractivity contribution in [3.63, 3.8) is 0 Å². The largest absolute Gasteiger partial charge is 0.395 e. The Morgan fingerprint density at radius 2 is 0.781 bits per heavy atom. The summed E-state index contributed by atoms with van der Waals surface area (Å²) in [6.45, 7) is 16.1. The van der Waals surface area contributed by atoms with Crippen LogP contribution >= 0.6 is 0 Å². The zero-order valence-electron chi connectivity index (χ0n) is 43.8. The average molecular weight is 904 g/mol. The summed E-state index contributed by atoms with van der Waals surface area (Å²) in [7, 11) is 0. The van der Waals surface area contributed by atoms with Gasteiger partial charge in [-0.15, -0.1) is 0 Å². The first-order valence-electron chi connectivity index (χ1n) is 29.1. The molecule has 7 heteroatoms. The van der Waals surface area contributed by atoms with E-state index in [4.69, 9.17) is 0 Å². The summed E-state index contributed by atoms with van der Waals surface area (Å²) in [5, 5.41) is 16.5. The van der Waals surface area contributed by atoms with Crippen LogP contribution < -0.4 is 10.6 Å². The molecule has 0 radical (unpaired) electrons. The lowest BCUT2D eigenvalue weighted by Gasteiger charge is -2.31. The van der Waals surface area contributed by atoms with Gasteiger partial charge in [-0.05, 0) is 89.1 Å². The summed E-state index contributed by atoms with van der Waals surface area (Å²) in [5.41, 5.74) is 0. The van der Waals surface area contributed by atoms with Gasteiger partial charge in [0.05, 0.1) is 6.61 Å². The molecular formula is C57H114N4O3. The van der Waals surface area contributed by atoms with Crippen molar-refractivity contribution in [3.05, 3.63) is 0 Å². The molecular weight excluding hydrogens is 789 g/mol. The number of nitrogens with zero attached hydrogens (tertiary/aromatic N) is 2. The Balaban J connectivity index is 2.53. The van der Waals surface area contributed by atoms with E-state index in [2.05, 4.69) is 48.1 Å². The van der Waals surface area contributed by atoms with Gasteiger partial charge in [-0.2, -0.15) is 0 Å². The van der Waals surface area contributed by atoms with E-state index >= 15 is 0 Å². The normalized spacial score (nSPS) is 13.4. The first kappa shape index (κ1) is 60.8. The van der Waals surface area contributed by atoms with Crippen LogP contribution in [0.25, 0.3) is 0 Å². The number of aliphatic hydroxyl groups is 1. The van der Waals surface area contributed by atoms with E-state index in [0.717, 1.165) is 84.3 Å². The van der Waals surface area contributed by atoms with Gasteiger partial charge >= 0.3 is 0 Å². The van der Waals surface area contributed by atoms with Gasteiger partial charge in [0, 0.05) is 51.6 Å². The Bertz CT molecular complexity index is 896. The molecule has 0 saturated heterocycles. The van der Waals surface area contributed by atoms with Crippen LogP contribution in [0.1, 0.15) is 285 Å². The smallest absolute Gasteiger partial charge is 0.220 e. The molecule has 0 atom stereocenters. The van der Waals surface area contributed by atoms with Gasteiger partial charge in [0.1, 0.15) is 0 Å². The topological polar surface area (TPSA) is 84.9 Å². The highest BCUT2D eigenvalue weighted by molar-refractivity contribution is 5.76. The Kier molecular flexibility index (Phi) is 44.6. The van der Waals surface area contributed by atoms with Crippen molar-refractivity contribution in [2.24, 2.45) is 11.8 Å². The summed E-state index contributed by atoms with van der Waals surface area (Å²) >= 11 is 0. The molecule has 0 aromatic carbocycles. The molecule has 1 aliphatic rings. The monoisotopic (exact) mass is 903 g/mol. The molecule has 1 rings (SSSR count). The third-order valence-electron chi connectivity index (χ3n) is 14.7. The Morgan fingerprint density at radius 3 is 1.14 bits per heavy atom. The van der Waals surface area contributed by atoms with Gasteiger partial charge in [0.25, 0.3) is 0 Å². The second kappa shape index (κ2) is 46.9. The van der Waals surface area contributed by atoms with Gasteiger partial charge < -0.3 is 20.6 Å². The molecule has 0 heterocycles. The highest BCUT2D eigenvalue weighted by atomic mass is 16.3. The lowest BCUT2D eigenvalue weighted by molar-refractivity contribution is -0.123. The molecule has 0 unspecified atom stereocenters. The molecule has 64 heavy (non-hydrogen) atoms. The van der Waals surface area contributed by atoms with Gasteiger partial charge in [0.2, 0.25) is 11.8 Å². The maximum absolute atomic E-state index is 13.1. The van der Waals surface area contributed by atoms with Crippen molar-refractivity contribution >= 4 is 11.8 Å². The number of amides is 2. The molecule has 0 spiro atoms. The summed E-state index contributed by atoms with van der Waals surface area (Å²) in [4.78, 5) is 31.5. The molecule has 1 aliphatic carbocycles. The first-order chi connectivity index (χ1) is 31.5. The number of carbonyl (C=O) groups is 2. The van der Waals surface area contributed by atoms with Crippen LogP contribution in [0, 0.1) is 11.8 Å². The molecule has 1 saturated carbocycles. The molecule has 0 aromatic heterocycles. The molecule has 0 aromatic rings. The lowest BCUT2D eigenvalue weighted by atomic mass is 9.91. The molecule has 380 valence electrons. The molecule has 0 bridgehead atoms. The molecule has 1 fully saturated rings. The minimum absolute atomic E-state index is 0.242. The maximum Gasteiger partial charge on any atom is 0.220 e. The van der Waals surface area contributed by atoms with Gasteiger partial charge in [-0.3, -0.25) is 14.5 Å². The summed E-state index contributed by atoms with van der Waals surface area (Å²) in [5.74, 6) is 1.64. The van der Waals surface area contributed by atoms with Crippen LogP contribution in [0.2, 0.25) is 0 Å². The third-order valence-corrected chi connectivity index (χ3v) is 14.7. The number of rotatable bonds is 50. The number of hydrogen-bond donors (Lipinski definition) is 3. The summed E-state index contributed by atoms with van der Waals surface area (Å²) in [6.07, 6.45) is 50.0. The van der Waals surface area contributed by atoms with Gasteiger partial charge in [-0.1, -0.05) is 207 Å². The second-order valence-corrected chi connectivity index (χ2v) is 20.7. The van der Waals surface area contributed by atoms with E-state index in [9.17, 15) is 14.7 Å². The fourth-order valence-electron chi connectivity index (χ4n) is 10.4. The summed E-state index contributed by atoms with van der Waals surface area (Å²) < 4.78 is 0. The van der Waals surface area contributed by atoms with E-state index in [1.54, 1.807) is 0 Å². The second-order valence-electron chi connectivity index (χ2n) is 20.7. The Labute approximate surface area is 400 Å². The van der Waals surface area contributed by atoms with Crippen molar-refractivity contribution < 1.29 is 14.7 Å². The van der Waals surface area contributed by atoms with Crippen molar-refractivity contribution in [2.45, 2.75) is 291 Å². The first-order valence-corrected chi connectivity index (χ1v) is 29.1. The third kappa shape index (κ3) is 37.9. The SMILES string of the molecule is CCCCCCCCC(CCCCCCCC)CC(=O)NCCCCCN(CCCCCNC(=O)CC(CCCCCCCC)CCCCCCCC)CCN(CCO)C1CCCC1. The minimum atomic E-state index is 0.242. The van der Waals surface area contributed by atoms with Crippen molar-refractivity contribution in [1.29, 1.82) is 0 Å². The predicted molar refractivity (Wildman–Crippen MR) is 279 cm³/mol. The Hall–Kier alpha value is -1.18.